The number of carbonyl (C=O) groups is 1. The lowest BCUT2D eigenvalue weighted by Crippen LogP contribution is -2.14. The SMILES string of the molecule is COc1c(C(=O)Nc2nnc(C)s2)nnn1Cc1ccc(C)cc1. The molecule has 1 amide bonds. The number of hydrogen-bond donors (Lipinski definition) is 1. The Morgan fingerprint density at radius 1 is 1.21 bits per heavy atom. The molecule has 0 aliphatic carbocycles. The van der Waals surface area contributed by atoms with E-state index in [1.54, 1.807) is 4.68 Å². The fourth-order valence-electron chi connectivity index (χ4n) is 2.12. The van der Waals surface area contributed by atoms with Gasteiger partial charge in [0.1, 0.15) is 5.01 Å². The van der Waals surface area contributed by atoms with Crippen LogP contribution in [0.3, 0.4) is 0 Å². The van der Waals surface area contributed by atoms with Crippen LogP contribution in [0.4, 0.5) is 5.13 Å². The zero-order chi connectivity index (χ0) is 17.1. The molecule has 9 heteroatoms. The smallest absolute Gasteiger partial charge is 0.283 e. The Kier molecular flexibility index (Phi) is 4.52. The summed E-state index contributed by atoms with van der Waals surface area (Å²) in [7, 11) is 1.48. The van der Waals surface area contributed by atoms with Gasteiger partial charge in [0, 0.05) is 0 Å². The van der Waals surface area contributed by atoms with Crippen molar-refractivity contribution >= 4 is 22.4 Å². The second kappa shape index (κ2) is 6.75. The van der Waals surface area contributed by atoms with E-state index >= 15 is 0 Å². The van der Waals surface area contributed by atoms with Crippen LogP contribution in [-0.4, -0.2) is 38.2 Å². The maximum atomic E-state index is 12.3. The third-order valence-electron chi connectivity index (χ3n) is 3.30. The third kappa shape index (κ3) is 3.40. The molecule has 3 aromatic rings. The molecule has 2 heterocycles. The molecule has 0 aliphatic heterocycles. The quantitative estimate of drug-likeness (QED) is 0.761. The lowest BCUT2D eigenvalue weighted by molar-refractivity contribution is 0.101. The van der Waals surface area contributed by atoms with E-state index in [1.165, 1.54) is 24.0 Å². The number of anilines is 1. The summed E-state index contributed by atoms with van der Waals surface area (Å²) in [5.74, 6) is -0.132. The van der Waals surface area contributed by atoms with Gasteiger partial charge in [-0.25, -0.2) is 4.68 Å². The fraction of sp³-hybridized carbons (Fsp3) is 0.267. The lowest BCUT2D eigenvalue weighted by Gasteiger charge is -2.06. The highest BCUT2D eigenvalue weighted by atomic mass is 32.1. The van der Waals surface area contributed by atoms with Crippen LogP contribution in [0.1, 0.15) is 26.6 Å². The molecule has 0 unspecified atom stereocenters. The van der Waals surface area contributed by atoms with Gasteiger partial charge in [-0.2, -0.15) is 0 Å². The standard InChI is InChI=1S/C15H16N6O2S/c1-9-4-6-11(7-5-9)8-21-14(23-3)12(18-20-21)13(22)16-15-19-17-10(2)24-15/h4-7H,8H2,1-3H3,(H,16,19,22). The van der Waals surface area contributed by atoms with Crippen molar-refractivity contribution in [2.24, 2.45) is 0 Å². The van der Waals surface area contributed by atoms with E-state index in [1.807, 2.05) is 38.1 Å². The maximum Gasteiger partial charge on any atom is 0.283 e. The number of nitrogens with zero attached hydrogens (tertiary/aromatic N) is 5. The van der Waals surface area contributed by atoms with Gasteiger partial charge in [0.2, 0.25) is 16.7 Å². The zero-order valence-corrected chi connectivity index (χ0v) is 14.3. The molecule has 24 heavy (non-hydrogen) atoms. The van der Waals surface area contributed by atoms with Crippen molar-refractivity contribution in [3.05, 3.63) is 46.1 Å². The van der Waals surface area contributed by atoms with Crippen LogP contribution in [0.2, 0.25) is 0 Å². The molecular formula is C15H16N6O2S. The number of carbonyl (C=O) groups excluding carboxylic acids is 1. The van der Waals surface area contributed by atoms with Gasteiger partial charge in [0.15, 0.2) is 0 Å². The van der Waals surface area contributed by atoms with Gasteiger partial charge in [-0.15, -0.1) is 15.3 Å². The summed E-state index contributed by atoms with van der Waals surface area (Å²) >= 11 is 1.28. The Balaban J connectivity index is 1.80. The molecule has 0 saturated carbocycles. The molecule has 0 bridgehead atoms. The Morgan fingerprint density at radius 2 is 1.96 bits per heavy atom. The monoisotopic (exact) mass is 344 g/mol. The highest BCUT2D eigenvalue weighted by Gasteiger charge is 2.22. The first-order valence-electron chi connectivity index (χ1n) is 7.21. The molecule has 8 nitrogen and oxygen atoms in total. The number of aryl methyl sites for hydroxylation is 2. The van der Waals surface area contributed by atoms with Gasteiger partial charge in [0.25, 0.3) is 5.91 Å². The topological polar surface area (TPSA) is 94.8 Å². The number of benzene rings is 1. The molecule has 0 aliphatic rings. The molecule has 3 rings (SSSR count). The van der Waals surface area contributed by atoms with Crippen molar-refractivity contribution < 1.29 is 9.53 Å². The summed E-state index contributed by atoms with van der Waals surface area (Å²) in [5, 5.41) is 19.5. The van der Waals surface area contributed by atoms with Crippen LogP contribution in [0.15, 0.2) is 24.3 Å². The van der Waals surface area contributed by atoms with Crippen molar-refractivity contribution in [1.82, 2.24) is 25.2 Å². The van der Waals surface area contributed by atoms with Gasteiger partial charge in [0.05, 0.1) is 13.7 Å². The van der Waals surface area contributed by atoms with Gasteiger partial charge < -0.3 is 4.74 Å². The molecule has 1 aromatic carbocycles. The van der Waals surface area contributed by atoms with Crippen molar-refractivity contribution in [2.45, 2.75) is 20.4 Å². The molecule has 0 saturated heterocycles. The van der Waals surface area contributed by atoms with Crippen molar-refractivity contribution in [3.63, 3.8) is 0 Å². The average Bonchev–Trinajstić information content (AvgIpc) is 3.15. The normalized spacial score (nSPS) is 10.6. The Morgan fingerprint density at radius 3 is 2.58 bits per heavy atom. The predicted molar refractivity (Wildman–Crippen MR) is 89.5 cm³/mol. The second-order valence-electron chi connectivity index (χ2n) is 5.17. The third-order valence-corrected chi connectivity index (χ3v) is 4.05. The van der Waals surface area contributed by atoms with Gasteiger partial charge in [-0.05, 0) is 19.4 Å². The van der Waals surface area contributed by atoms with E-state index in [0.29, 0.717) is 17.6 Å². The minimum absolute atomic E-state index is 0.109. The van der Waals surface area contributed by atoms with Crippen molar-refractivity contribution in [2.75, 3.05) is 12.4 Å². The van der Waals surface area contributed by atoms with Crippen molar-refractivity contribution in [1.29, 1.82) is 0 Å². The number of hydrogen-bond acceptors (Lipinski definition) is 7. The Labute approximate surface area is 142 Å². The average molecular weight is 344 g/mol. The largest absolute Gasteiger partial charge is 0.479 e. The molecule has 0 radical (unpaired) electrons. The molecule has 1 N–H and O–H groups in total. The van der Waals surface area contributed by atoms with E-state index in [-0.39, 0.29) is 5.69 Å². The zero-order valence-electron chi connectivity index (χ0n) is 13.5. The number of amides is 1. The van der Waals surface area contributed by atoms with Crippen LogP contribution in [-0.2, 0) is 6.54 Å². The Hall–Kier alpha value is -2.81. The molecule has 2 aromatic heterocycles. The molecule has 124 valence electrons. The van der Waals surface area contributed by atoms with E-state index in [9.17, 15) is 4.79 Å². The Bertz CT molecular complexity index is 855. The van der Waals surface area contributed by atoms with Gasteiger partial charge in [-0.1, -0.05) is 46.4 Å². The number of methoxy groups -OCH3 is 1. The van der Waals surface area contributed by atoms with E-state index in [0.717, 1.165) is 10.6 Å². The minimum atomic E-state index is -0.432. The maximum absolute atomic E-state index is 12.3. The summed E-state index contributed by atoms with van der Waals surface area (Å²) in [6.07, 6.45) is 0. The van der Waals surface area contributed by atoms with Crippen LogP contribution in [0.25, 0.3) is 0 Å². The first-order valence-corrected chi connectivity index (χ1v) is 8.03. The summed E-state index contributed by atoms with van der Waals surface area (Å²) in [5.41, 5.74) is 2.32. The summed E-state index contributed by atoms with van der Waals surface area (Å²) in [6.45, 7) is 4.30. The van der Waals surface area contributed by atoms with Gasteiger partial charge in [-0.3, -0.25) is 10.1 Å². The molecule has 0 fully saturated rings. The second-order valence-corrected chi connectivity index (χ2v) is 6.35. The van der Waals surface area contributed by atoms with Crippen LogP contribution in [0.5, 0.6) is 5.88 Å². The van der Waals surface area contributed by atoms with Crippen LogP contribution in [0, 0.1) is 13.8 Å². The van der Waals surface area contributed by atoms with Crippen LogP contribution >= 0.6 is 11.3 Å². The summed E-state index contributed by atoms with van der Waals surface area (Å²) in [6, 6.07) is 8.04. The summed E-state index contributed by atoms with van der Waals surface area (Å²) in [4.78, 5) is 12.3. The van der Waals surface area contributed by atoms with E-state index < -0.39 is 5.91 Å². The predicted octanol–water partition coefficient (Wildman–Crippen LogP) is 2.06. The fourth-order valence-corrected chi connectivity index (χ4v) is 2.71. The van der Waals surface area contributed by atoms with Crippen molar-refractivity contribution in [3.8, 4) is 5.88 Å². The first kappa shape index (κ1) is 16.1. The minimum Gasteiger partial charge on any atom is -0.479 e. The lowest BCUT2D eigenvalue weighted by atomic mass is 10.1. The molecule has 0 spiro atoms. The van der Waals surface area contributed by atoms with Gasteiger partial charge >= 0.3 is 0 Å². The summed E-state index contributed by atoms with van der Waals surface area (Å²) < 4.78 is 6.87. The number of aromatic nitrogens is 5. The highest BCUT2D eigenvalue weighted by Crippen LogP contribution is 2.20. The number of ether oxygens (including phenoxy) is 1. The highest BCUT2D eigenvalue weighted by molar-refractivity contribution is 7.15. The number of rotatable bonds is 5. The number of nitrogens with one attached hydrogen (secondary N) is 1. The molecular weight excluding hydrogens is 328 g/mol. The van der Waals surface area contributed by atoms with Crippen LogP contribution < -0.4 is 10.1 Å². The van der Waals surface area contributed by atoms with E-state index in [4.69, 9.17) is 4.74 Å². The first-order chi connectivity index (χ1) is 11.6. The van der Waals surface area contributed by atoms with E-state index in [2.05, 4.69) is 25.8 Å². The molecule has 0 atom stereocenters.